The van der Waals surface area contributed by atoms with Crippen molar-refractivity contribution in [3.8, 4) is 5.69 Å². The number of carbonyl (C=O) groups is 1. The molecule has 3 N–H and O–H groups in total. The van der Waals surface area contributed by atoms with Crippen LogP contribution in [0.4, 0.5) is 11.8 Å². The maximum atomic E-state index is 12.1. The number of carbonyl (C=O) groups excluding carboxylic acids is 1. The minimum Gasteiger partial charge on any atom is -0.377 e. The Balaban J connectivity index is 1.12. The molecule has 2 atom stereocenters. The second kappa shape index (κ2) is 9.33. The second-order valence-corrected chi connectivity index (χ2v) is 8.18. The summed E-state index contributed by atoms with van der Waals surface area (Å²) in [6.07, 6.45) is 7.62. The lowest BCUT2D eigenvalue weighted by Gasteiger charge is -2.26. The fraction of sp³-hybridized carbons (Fsp3) is 0.364. The van der Waals surface area contributed by atoms with Gasteiger partial charge in [-0.3, -0.25) is 14.2 Å². The van der Waals surface area contributed by atoms with E-state index >= 15 is 0 Å². The van der Waals surface area contributed by atoms with E-state index in [1.165, 1.54) is 12.3 Å². The minimum absolute atomic E-state index is 0.0342. The summed E-state index contributed by atoms with van der Waals surface area (Å²) in [6, 6.07) is 9.27. The van der Waals surface area contributed by atoms with Crippen LogP contribution in [0.5, 0.6) is 0 Å². The Hall–Kier alpha value is -3.86. The summed E-state index contributed by atoms with van der Waals surface area (Å²) in [4.78, 5) is 32.7. The fourth-order valence-electron chi connectivity index (χ4n) is 3.91. The number of anilines is 2. The van der Waals surface area contributed by atoms with Crippen LogP contribution in [0.1, 0.15) is 29.8 Å². The third-order valence-electron chi connectivity index (χ3n) is 5.73. The maximum Gasteiger partial charge on any atom is 0.273 e. The normalized spacial score (nSPS) is 20.1. The van der Waals surface area contributed by atoms with E-state index in [1.54, 1.807) is 23.0 Å². The van der Waals surface area contributed by atoms with Gasteiger partial charge in [0.1, 0.15) is 5.82 Å². The molecule has 1 aliphatic heterocycles. The van der Waals surface area contributed by atoms with Crippen molar-refractivity contribution in [2.75, 3.05) is 23.8 Å². The minimum atomic E-state index is -0.296. The van der Waals surface area contributed by atoms with Gasteiger partial charge in [0.05, 0.1) is 37.3 Å². The topological polar surface area (TPSA) is 136 Å². The molecule has 0 bridgehead atoms. The Morgan fingerprint density at radius 2 is 1.82 bits per heavy atom. The molecule has 0 aromatic carbocycles. The number of hydrogen-bond acceptors (Lipinski definition) is 9. The highest BCUT2D eigenvalue weighted by Crippen LogP contribution is 2.24. The van der Waals surface area contributed by atoms with Crippen molar-refractivity contribution in [2.24, 2.45) is 0 Å². The first-order valence-corrected chi connectivity index (χ1v) is 10.9. The van der Waals surface area contributed by atoms with Crippen LogP contribution in [0.15, 0.2) is 53.7 Å². The molecule has 1 amide bonds. The lowest BCUT2D eigenvalue weighted by molar-refractivity contribution is -0.00357. The van der Waals surface area contributed by atoms with Crippen LogP contribution >= 0.6 is 0 Å². The van der Waals surface area contributed by atoms with Crippen LogP contribution < -0.4 is 21.5 Å². The molecule has 11 heteroatoms. The quantitative estimate of drug-likeness (QED) is 0.483. The molecule has 4 heterocycles. The van der Waals surface area contributed by atoms with E-state index in [-0.39, 0.29) is 35.3 Å². The standard InChI is InChI=1S/C22H24N8O3/c31-20-3-1-2-8-30(20)17-6-7-19(23-10-17)25-14-4-5-15(9-14)27-22-24-11-18(28-29-22)21(32)26-16-12-33-13-16/h1-3,6-8,10-11,14-16H,4-5,9,12-13H2,(H,23,25)(H,26,32)(H,24,27,29)/t14-,15-/m0/s1. The molecule has 1 aliphatic carbocycles. The number of rotatable bonds is 7. The van der Waals surface area contributed by atoms with E-state index in [0.29, 0.717) is 19.2 Å². The molecule has 33 heavy (non-hydrogen) atoms. The fourth-order valence-corrected chi connectivity index (χ4v) is 3.91. The van der Waals surface area contributed by atoms with Gasteiger partial charge in [-0.25, -0.2) is 9.97 Å². The first-order valence-electron chi connectivity index (χ1n) is 10.9. The van der Waals surface area contributed by atoms with Gasteiger partial charge in [-0.15, -0.1) is 10.2 Å². The van der Waals surface area contributed by atoms with Crippen molar-refractivity contribution in [3.63, 3.8) is 0 Å². The zero-order valence-corrected chi connectivity index (χ0v) is 17.8. The monoisotopic (exact) mass is 448 g/mol. The van der Waals surface area contributed by atoms with E-state index in [9.17, 15) is 9.59 Å². The molecular weight excluding hydrogens is 424 g/mol. The van der Waals surface area contributed by atoms with Crippen molar-refractivity contribution in [1.29, 1.82) is 0 Å². The molecule has 3 aromatic heterocycles. The molecule has 1 saturated carbocycles. The molecule has 1 saturated heterocycles. The Morgan fingerprint density at radius 1 is 0.970 bits per heavy atom. The molecular formula is C22H24N8O3. The van der Waals surface area contributed by atoms with Crippen molar-refractivity contribution in [3.05, 3.63) is 65.0 Å². The summed E-state index contributed by atoms with van der Waals surface area (Å²) < 4.78 is 6.59. The number of pyridine rings is 2. The second-order valence-electron chi connectivity index (χ2n) is 8.18. The summed E-state index contributed by atoms with van der Waals surface area (Å²) >= 11 is 0. The number of hydrogen-bond donors (Lipinski definition) is 3. The zero-order valence-electron chi connectivity index (χ0n) is 17.8. The largest absolute Gasteiger partial charge is 0.377 e. The highest BCUT2D eigenvalue weighted by molar-refractivity contribution is 5.92. The van der Waals surface area contributed by atoms with E-state index < -0.39 is 0 Å². The summed E-state index contributed by atoms with van der Waals surface area (Å²) in [5.41, 5.74) is 0.814. The molecule has 0 radical (unpaired) electrons. The molecule has 11 nitrogen and oxygen atoms in total. The van der Waals surface area contributed by atoms with Crippen LogP contribution in [0.3, 0.4) is 0 Å². The molecule has 0 spiro atoms. The number of nitrogens with zero attached hydrogens (tertiary/aromatic N) is 5. The van der Waals surface area contributed by atoms with E-state index in [0.717, 1.165) is 30.8 Å². The van der Waals surface area contributed by atoms with Gasteiger partial charge < -0.3 is 20.7 Å². The average Bonchev–Trinajstić information content (AvgIpc) is 3.24. The van der Waals surface area contributed by atoms with Crippen molar-refractivity contribution >= 4 is 17.7 Å². The molecule has 2 fully saturated rings. The van der Waals surface area contributed by atoms with Gasteiger partial charge in [-0.05, 0) is 37.5 Å². The Labute approximate surface area is 189 Å². The number of nitrogens with one attached hydrogen (secondary N) is 3. The third-order valence-corrected chi connectivity index (χ3v) is 5.73. The number of amides is 1. The zero-order chi connectivity index (χ0) is 22.6. The van der Waals surface area contributed by atoms with Gasteiger partial charge in [-0.1, -0.05) is 6.07 Å². The highest BCUT2D eigenvalue weighted by Gasteiger charge is 2.26. The number of aromatic nitrogens is 5. The van der Waals surface area contributed by atoms with Crippen LogP contribution in [-0.4, -0.2) is 62.0 Å². The van der Waals surface area contributed by atoms with Crippen LogP contribution in [0.25, 0.3) is 5.69 Å². The first kappa shape index (κ1) is 21.0. The summed E-state index contributed by atoms with van der Waals surface area (Å²) in [6.45, 7) is 1.05. The SMILES string of the molecule is O=C(NC1COC1)c1cnc(N[C@H]2CC[C@H](Nc3ccc(-n4ccccc4=O)cn3)C2)nn1. The summed E-state index contributed by atoms with van der Waals surface area (Å²) in [5.74, 6) is 0.870. The molecule has 3 aromatic rings. The molecule has 170 valence electrons. The van der Waals surface area contributed by atoms with Gasteiger partial charge >= 0.3 is 0 Å². The predicted molar refractivity (Wildman–Crippen MR) is 120 cm³/mol. The van der Waals surface area contributed by atoms with Crippen LogP contribution in [0.2, 0.25) is 0 Å². The lowest BCUT2D eigenvalue weighted by atomic mass is 10.2. The lowest BCUT2D eigenvalue weighted by Crippen LogP contribution is -2.48. The van der Waals surface area contributed by atoms with Gasteiger partial charge in [0.15, 0.2) is 5.69 Å². The number of ether oxygens (including phenoxy) is 1. The highest BCUT2D eigenvalue weighted by atomic mass is 16.5. The molecule has 5 rings (SSSR count). The van der Waals surface area contributed by atoms with E-state index in [2.05, 4.69) is 36.1 Å². The maximum absolute atomic E-state index is 12.1. The van der Waals surface area contributed by atoms with Gasteiger partial charge in [0, 0.05) is 24.3 Å². The molecule has 0 unspecified atom stereocenters. The van der Waals surface area contributed by atoms with Gasteiger partial charge in [0.25, 0.3) is 11.5 Å². The smallest absolute Gasteiger partial charge is 0.273 e. The third kappa shape index (κ3) is 4.98. The van der Waals surface area contributed by atoms with Gasteiger partial charge in [-0.2, -0.15) is 0 Å². The van der Waals surface area contributed by atoms with Crippen LogP contribution in [-0.2, 0) is 4.74 Å². The van der Waals surface area contributed by atoms with Crippen molar-refractivity contribution < 1.29 is 9.53 Å². The Bertz CT molecular complexity index is 1160. The Morgan fingerprint density at radius 3 is 2.48 bits per heavy atom. The van der Waals surface area contributed by atoms with Crippen LogP contribution in [0, 0.1) is 0 Å². The summed E-state index contributed by atoms with van der Waals surface area (Å²) in [5, 5.41) is 17.6. The average molecular weight is 448 g/mol. The summed E-state index contributed by atoms with van der Waals surface area (Å²) in [7, 11) is 0. The van der Waals surface area contributed by atoms with Gasteiger partial charge in [0.2, 0.25) is 5.95 Å². The Kier molecular flexibility index (Phi) is 5.94. The van der Waals surface area contributed by atoms with Crippen molar-refractivity contribution in [1.82, 2.24) is 30.0 Å². The first-order chi connectivity index (χ1) is 16.1. The van der Waals surface area contributed by atoms with E-state index in [4.69, 9.17) is 4.74 Å². The molecule has 2 aliphatic rings. The van der Waals surface area contributed by atoms with E-state index in [1.807, 2.05) is 18.2 Å². The predicted octanol–water partition coefficient (Wildman–Crippen LogP) is 0.991. The van der Waals surface area contributed by atoms with Crippen molar-refractivity contribution in [2.45, 2.75) is 37.4 Å².